The molecular weight excluding hydrogens is 268 g/mol. The average Bonchev–Trinajstić information content (AvgIpc) is 2.48. The van der Waals surface area contributed by atoms with E-state index in [1.807, 2.05) is 0 Å². The Kier molecular flexibility index (Phi) is 5.62. The summed E-state index contributed by atoms with van der Waals surface area (Å²) in [5, 5.41) is 15.8. The fourth-order valence-electron chi connectivity index (χ4n) is 3.59. The summed E-state index contributed by atoms with van der Waals surface area (Å²) in [6, 6.07) is -0.222. The number of rotatable bonds is 5. The minimum atomic E-state index is -0.805. The second-order valence-electron chi connectivity index (χ2n) is 6.84. The number of aliphatic carboxylic acids is 1. The van der Waals surface area contributed by atoms with Crippen molar-refractivity contribution < 1.29 is 14.7 Å². The number of hydrogen-bond acceptors (Lipinski definition) is 3. The van der Waals surface area contributed by atoms with Crippen LogP contribution < -0.4 is 10.6 Å². The van der Waals surface area contributed by atoms with Crippen molar-refractivity contribution >= 4 is 11.9 Å². The van der Waals surface area contributed by atoms with Gasteiger partial charge in [-0.2, -0.15) is 0 Å². The van der Waals surface area contributed by atoms with Crippen molar-refractivity contribution in [2.75, 3.05) is 13.1 Å². The number of carbonyl (C=O) groups is 2. The highest BCUT2D eigenvalue weighted by Gasteiger charge is 2.43. The Hall–Kier alpha value is -1.10. The first-order valence-electron chi connectivity index (χ1n) is 8.26. The van der Waals surface area contributed by atoms with E-state index in [0.717, 1.165) is 38.8 Å². The van der Waals surface area contributed by atoms with Crippen molar-refractivity contribution in [3.8, 4) is 0 Å². The van der Waals surface area contributed by atoms with Crippen LogP contribution in [0.25, 0.3) is 0 Å². The van der Waals surface area contributed by atoms with Gasteiger partial charge < -0.3 is 15.7 Å². The molecule has 1 saturated heterocycles. The Morgan fingerprint density at radius 3 is 2.76 bits per heavy atom. The topological polar surface area (TPSA) is 78.4 Å². The molecule has 0 aromatic carbocycles. The molecule has 2 rings (SSSR count). The first kappa shape index (κ1) is 16.3. The highest BCUT2D eigenvalue weighted by atomic mass is 16.4. The van der Waals surface area contributed by atoms with Crippen molar-refractivity contribution in [3.63, 3.8) is 0 Å². The van der Waals surface area contributed by atoms with Crippen LogP contribution in [0.5, 0.6) is 0 Å². The lowest BCUT2D eigenvalue weighted by molar-refractivity contribution is -0.152. The van der Waals surface area contributed by atoms with Crippen LogP contribution in [0.4, 0.5) is 0 Å². The summed E-state index contributed by atoms with van der Waals surface area (Å²) in [5.74, 6) is -0.189. The Labute approximate surface area is 126 Å². The summed E-state index contributed by atoms with van der Waals surface area (Å²) >= 11 is 0. The van der Waals surface area contributed by atoms with Gasteiger partial charge in [-0.15, -0.1) is 0 Å². The van der Waals surface area contributed by atoms with Gasteiger partial charge in [0.05, 0.1) is 5.41 Å². The van der Waals surface area contributed by atoms with Gasteiger partial charge in [-0.3, -0.25) is 9.59 Å². The largest absolute Gasteiger partial charge is 0.481 e. The van der Waals surface area contributed by atoms with Crippen molar-refractivity contribution in [2.24, 2.45) is 11.3 Å². The minimum absolute atomic E-state index is 0.0138. The van der Waals surface area contributed by atoms with Crippen LogP contribution in [0.3, 0.4) is 0 Å². The fraction of sp³-hybridized carbons (Fsp3) is 0.875. The maximum absolute atomic E-state index is 12.1. The molecule has 0 spiro atoms. The van der Waals surface area contributed by atoms with Crippen LogP contribution in [0.1, 0.15) is 58.3 Å². The second-order valence-corrected chi connectivity index (χ2v) is 6.84. The molecule has 2 fully saturated rings. The van der Waals surface area contributed by atoms with Crippen molar-refractivity contribution in [1.82, 2.24) is 10.6 Å². The van der Waals surface area contributed by atoms with E-state index in [-0.39, 0.29) is 11.9 Å². The summed E-state index contributed by atoms with van der Waals surface area (Å²) in [4.78, 5) is 23.7. The van der Waals surface area contributed by atoms with E-state index >= 15 is 0 Å². The number of hydrogen-bond donors (Lipinski definition) is 3. The number of nitrogens with one attached hydrogen (secondary N) is 2. The molecule has 21 heavy (non-hydrogen) atoms. The zero-order valence-corrected chi connectivity index (χ0v) is 13.0. The summed E-state index contributed by atoms with van der Waals surface area (Å²) in [6.07, 6.45) is 7.15. The van der Waals surface area contributed by atoms with E-state index in [2.05, 4.69) is 10.6 Å². The second kappa shape index (κ2) is 7.25. The average molecular weight is 296 g/mol. The molecule has 0 aromatic rings. The summed E-state index contributed by atoms with van der Waals surface area (Å²) in [7, 11) is 0. The van der Waals surface area contributed by atoms with Gasteiger partial charge in [0.1, 0.15) is 0 Å². The highest BCUT2D eigenvalue weighted by molar-refractivity contribution is 5.79. The van der Waals surface area contributed by atoms with Crippen molar-refractivity contribution in [3.05, 3.63) is 0 Å². The maximum Gasteiger partial charge on any atom is 0.311 e. The van der Waals surface area contributed by atoms with E-state index < -0.39 is 11.4 Å². The molecule has 120 valence electrons. The van der Waals surface area contributed by atoms with E-state index in [1.54, 1.807) is 6.92 Å². The molecule has 1 saturated carbocycles. The van der Waals surface area contributed by atoms with Gasteiger partial charge in [0, 0.05) is 12.5 Å². The summed E-state index contributed by atoms with van der Waals surface area (Å²) in [5.41, 5.74) is -0.805. The smallest absolute Gasteiger partial charge is 0.311 e. The Bertz CT molecular complexity index is 380. The Morgan fingerprint density at radius 2 is 2.10 bits per heavy atom. The zero-order chi connectivity index (χ0) is 15.3. The van der Waals surface area contributed by atoms with E-state index in [4.69, 9.17) is 0 Å². The molecule has 0 radical (unpaired) electrons. The van der Waals surface area contributed by atoms with Crippen LogP contribution in [0.15, 0.2) is 0 Å². The standard InChI is InChI=1S/C16H28N2O3/c1-16(15(20)21)9-3-2-6-13(16)18-14(19)8-7-12-5-4-10-17-11-12/h12-13,17H,2-11H2,1H3,(H,18,19)(H,20,21). The minimum Gasteiger partial charge on any atom is -0.481 e. The van der Waals surface area contributed by atoms with Gasteiger partial charge in [0.15, 0.2) is 0 Å². The maximum atomic E-state index is 12.1. The molecule has 1 aliphatic heterocycles. The molecule has 3 atom stereocenters. The van der Waals surface area contributed by atoms with Gasteiger partial charge >= 0.3 is 5.97 Å². The van der Waals surface area contributed by atoms with E-state index in [0.29, 0.717) is 18.8 Å². The monoisotopic (exact) mass is 296 g/mol. The van der Waals surface area contributed by atoms with E-state index in [1.165, 1.54) is 12.8 Å². The highest BCUT2D eigenvalue weighted by Crippen LogP contribution is 2.36. The van der Waals surface area contributed by atoms with Gasteiger partial charge in [-0.05, 0) is 58.0 Å². The van der Waals surface area contributed by atoms with Gasteiger partial charge in [0.2, 0.25) is 5.91 Å². The number of carboxylic acid groups (broad SMARTS) is 1. The predicted molar refractivity (Wildman–Crippen MR) is 81.0 cm³/mol. The van der Waals surface area contributed by atoms with Crippen LogP contribution in [0, 0.1) is 11.3 Å². The van der Waals surface area contributed by atoms with Crippen LogP contribution >= 0.6 is 0 Å². The van der Waals surface area contributed by atoms with Crippen molar-refractivity contribution in [2.45, 2.75) is 64.3 Å². The lowest BCUT2D eigenvalue weighted by Gasteiger charge is -2.38. The molecule has 0 bridgehead atoms. The number of piperidine rings is 1. The molecule has 2 aliphatic rings. The Morgan fingerprint density at radius 1 is 1.29 bits per heavy atom. The fourth-order valence-corrected chi connectivity index (χ4v) is 3.59. The first-order valence-corrected chi connectivity index (χ1v) is 8.26. The third-order valence-electron chi connectivity index (χ3n) is 5.21. The summed E-state index contributed by atoms with van der Waals surface area (Å²) in [6.45, 7) is 3.86. The SMILES string of the molecule is CC1(C(=O)O)CCCCC1NC(=O)CCC1CCCNC1. The quantitative estimate of drug-likeness (QED) is 0.724. The third kappa shape index (κ3) is 4.19. The molecule has 1 amide bonds. The lowest BCUT2D eigenvalue weighted by Crippen LogP contribution is -2.52. The molecule has 5 heteroatoms. The molecule has 3 unspecified atom stereocenters. The predicted octanol–water partition coefficient (Wildman–Crippen LogP) is 1.92. The molecule has 1 aliphatic carbocycles. The van der Waals surface area contributed by atoms with Crippen LogP contribution in [0.2, 0.25) is 0 Å². The van der Waals surface area contributed by atoms with Gasteiger partial charge in [-0.1, -0.05) is 12.8 Å². The third-order valence-corrected chi connectivity index (χ3v) is 5.21. The molecule has 1 heterocycles. The normalized spacial score (nSPS) is 33.4. The lowest BCUT2D eigenvalue weighted by atomic mass is 9.71. The van der Waals surface area contributed by atoms with Crippen LogP contribution in [-0.4, -0.2) is 36.1 Å². The number of carbonyl (C=O) groups excluding carboxylic acids is 1. The van der Waals surface area contributed by atoms with Crippen LogP contribution in [-0.2, 0) is 9.59 Å². The molecule has 0 aromatic heterocycles. The first-order chi connectivity index (χ1) is 10.0. The molecular formula is C16H28N2O3. The number of amides is 1. The zero-order valence-electron chi connectivity index (χ0n) is 13.0. The molecule has 3 N–H and O–H groups in total. The Balaban J connectivity index is 1.81. The molecule has 5 nitrogen and oxygen atoms in total. The summed E-state index contributed by atoms with van der Waals surface area (Å²) < 4.78 is 0. The van der Waals surface area contributed by atoms with Gasteiger partial charge in [-0.25, -0.2) is 0 Å². The van der Waals surface area contributed by atoms with Gasteiger partial charge in [0.25, 0.3) is 0 Å². The van der Waals surface area contributed by atoms with E-state index in [9.17, 15) is 14.7 Å². The van der Waals surface area contributed by atoms with Crippen molar-refractivity contribution in [1.29, 1.82) is 0 Å². The number of carboxylic acids is 1.